The van der Waals surface area contributed by atoms with Gasteiger partial charge in [-0.3, -0.25) is 19.6 Å². The number of likely N-dealkylation sites (N-methyl/N-ethyl adjacent to an activating group) is 1. The van der Waals surface area contributed by atoms with Crippen molar-refractivity contribution in [3.05, 3.63) is 48.0 Å². The lowest BCUT2D eigenvalue weighted by Gasteiger charge is -2.33. The van der Waals surface area contributed by atoms with Crippen LogP contribution in [0.4, 0.5) is 0 Å². The Morgan fingerprint density at radius 3 is 2.63 bits per heavy atom. The van der Waals surface area contributed by atoms with Gasteiger partial charge in [-0.25, -0.2) is 0 Å². The molecule has 1 saturated heterocycles. The number of halogens is 1. The van der Waals surface area contributed by atoms with E-state index in [0.29, 0.717) is 6.04 Å². The zero-order valence-corrected chi connectivity index (χ0v) is 20.8. The third kappa shape index (κ3) is 7.21. The number of likely N-dealkylation sites (tertiary alicyclic amines) is 1. The maximum Gasteiger partial charge on any atom is 0.191 e. The van der Waals surface area contributed by atoms with Crippen LogP contribution in [-0.4, -0.2) is 77.3 Å². The van der Waals surface area contributed by atoms with Crippen LogP contribution in [-0.2, 0) is 13.6 Å². The van der Waals surface area contributed by atoms with Gasteiger partial charge in [0.1, 0.15) is 0 Å². The molecule has 0 radical (unpaired) electrons. The number of piperidine rings is 1. The number of rotatable bonds is 7. The van der Waals surface area contributed by atoms with Gasteiger partial charge in [-0.05, 0) is 39.1 Å². The van der Waals surface area contributed by atoms with E-state index in [2.05, 4.69) is 67.9 Å². The van der Waals surface area contributed by atoms with E-state index < -0.39 is 0 Å². The zero-order chi connectivity index (χ0) is 20.6. The minimum Gasteiger partial charge on any atom is -0.354 e. The number of aryl methyl sites for hydroxylation is 1. The molecule has 1 aliphatic heterocycles. The second-order valence-electron chi connectivity index (χ2n) is 7.90. The Morgan fingerprint density at radius 1 is 1.30 bits per heavy atom. The van der Waals surface area contributed by atoms with Crippen LogP contribution in [0.25, 0.3) is 0 Å². The van der Waals surface area contributed by atoms with Crippen molar-refractivity contribution in [1.82, 2.24) is 35.2 Å². The molecule has 0 aromatic carbocycles. The maximum absolute atomic E-state index is 4.44. The minimum absolute atomic E-state index is 0. The first-order valence-corrected chi connectivity index (χ1v) is 10.3. The van der Waals surface area contributed by atoms with Crippen LogP contribution in [0.1, 0.15) is 30.1 Å². The third-order valence-electron chi connectivity index (χ3n) is 5.46. The summed E-state index contributed by atoms with van der Waals surface area (Å²) in [5.74, 6) is 0.865. The van der Waals surface area contributed by atoms with E-state index in [1.807, 2.05) is 37.2 Å². The molecule has 0 amide bonds. The van der Waals surface area contributed by atoms with E-state index in [1.54, 1.807) is 0 Å². The van der Waals surface area contributed by atoms with E-state index >= 15 is 0 Å². The second-order valence-corrected chi connectivity index (χ2v) is 7.90. The van der Waals surface area contributed by atoms with Crippen molar-refractivity contribution in [2.45, 2.75) is 31.5 Å². The lowest BCUT2D eigenvalue weighted by molar-refractivity contribution is 0.196. The fourth-order valence-corrected chi connectivity index (χ4v) is 3.75. The van der Waals surface area contributed by atoms with Gasteiger partial charge < -0.3 is 15.5 Å². The van der Waals surface area contributed by atoms with Crippen LogP contribution < -0.4 is 10.6 Å². The zero-order valence-electron chi connectivity index (χ0n) is 18.5. The highest BCUT2D eigenvalue weighted by atomic mass is 127. The Labute approximate surface area is 197 Å². The number of pyridine rings is 1. The van der Waals surface area contributed by atoms with Crippen LogP contribution in [0, 0.1) is 0 Å². The summed E-state index contributed by atoms with van der Waals surface area (Å²) in [6, 6.07) is 6.80. The quantitative estimate of drug-likeness (QED) is 0.326. The first kappa shape index (κ1) is 24.5. The van der Waals surface area contributed by atoms with Crippen molar-refractivity contribution in [3.63, 3.8) is 0 Å². The molecule has 1 aliphatic rings. The van der Waals surface area contributed by atoms with Gasteiger partial charge in [0.2, 0.25) is 0 Å². The average Bonchev–Trinajstić information content (AvgIpc) is 3.15. The van der Waals surface area contributed by atoms with E-state index in [-0.39, 0.29) is 30.0 Å². The second kappa shape index (κ2) is 12.2. The molecule has 0 aliphatic carbocycles. The maximum atomic E-state index is 4.44. The Balaban J connectivity index is 0.00000320. The summed E-state index contributed by atoms with van der Waals surface area (Å²) in [6.45, 7) is 3.84. The number of nitrogens with one attached hydrogen (secondary N) is 2. The van der Waals surface area contributed by atoms with Crippen LogP contribution >= 0.6 is 24.0 Å². The number of nitrogens with zero attached hydrogens (tertiary/aromatic N) is 6. The molecule has 1 unspecified atom stereocenters. The van der Waals surface area contributed by atoms with Crippen LogP contribution in [0.3, 0.4) is 0 Å². The number of hydrogen-bond donors (Lipinski definition) is 2. The average molecular weight is 526 g/mol. The van der Waals surface area contributed by atoms with Gasteiger partial charge in [-0.2, -0.15) is 5.10 Å². The fourth-order valence-electron chi connectivity index (χ4n) is 3.75. The van der Waals surface area contributed by atoms with Crippen LogP contribution in [0.2, 0.25) is 0 Å². The van der Waals surface area contributed by atoms with Gasteiger partial charge in [0.15, 0.2) is 5.96 Å². The Kier molecular flexibility index (Phi) is 9.99. The van der Waals surface area contributed by atoms with Crippen molar-refractivity contribution in [1.29, 1.82) is 0 Å². The largest absolute Gasteiger partial charge is 0.354 e. The smallest absolute Gasteiger partial charge is 0.191 e. The lowest BCUT2D eigenvalue weighted by atomic mass is 10.0. The summed E-state index contributed by atoms with van der Waals surface area (Å²) in [6.07, 6.45) is 8.08. The van der Waals surface area contributed by atoms with Crippen molar-refractivity contribution < 1.29 is 0 Å². The standard InChI is InChI=1S/C21H34N8.HI/c1-22-21(24-14-20(27(2)3)17-13-25-28(4)15-17)26-18-8-11-29(12-9-18)16-19-7-5-6-10-23-19;/h5-7,10,13,15,18,20H,8-9,11-12,14,16H2,1-4H3,(H2,22,24,26);1H. The molecule has 2 aromatic rings. The summed E-state index contributed by atoms with van der Waals surface area (Å²) in [5, 5.41) is 11.4. The fraction of sp³-hybridized carbons (Fsp3) is 0.571. The summed E-state index contributed by atoms with van der Waals surface area (Å²) in [7, 11) is 7.96. The van der Waals surface area contributed by atoms with E-state index in [9.17, 15) is 0 Å². The highest BCUT2D eigenvalue weighted by Gasteiger charge is 2.21. The van der Waals surface area contributed by atoms with E-state index in [0.717, 1.165) is 50.7 Å². The molecule has 9 heteroatoms. The number of guanidine groups is 1. The van der Waals surface area contributed by atoms with E-state index in [1.165, 1.54) is 5.56 Å². The van der Waals surface area contributed by atoms with Crippen molar-refractivity contribution in [3.8, 4) is 0 Å². The van der Waals surface area contributed by atoms with Gasteiger partial charge in [0.25, 0.3) is 0 Å². The topological polar surface area (TPSA) is 73.6 Å². The Morgan fingerprint density at radius 2 is 2.07 bits per heavy atom. The normalized spacial score (nSPS) is 16.9. The molecule has 2 N–H and O–H groups in total. The van der Waals surface area contributed by atoms with Gasteiger partial charge in [-0.15, -0.1) is 24.0 Å². The van der Waals surface area contributed by atoms with Crippen LogP contribution in [0.5, 0.6) is 0 Å². The van der Waals surface area contributed by atoms with E-state index in [4.69, 9.17) is 0 Å². The lowest BCUT2D eigenvalue weighted by Crippen LogP contribution is -2.49. The van der Waals surface area contributed by atoms with Crippen molar-refractivity contribution in [2.75, 3.05) is 40.8 Å². The summed E-state index contributed by atoms with van der Waals surface area (Å²) in [4.78, 5) is 13.5. The molecule has 0 saturated carbocycles. The number of hydrogen-bond acceptors (Lipinski definition) is 5. The number of aromatic nitrogens is 3. The predicted octanol–water partition coefficient (Wildman–Crippen LogP) is 1.87. The highest BCUT2D eigenvalue weighted by Crippen LogP contribution is 2.16. The Hall–Kier alpha value is -1.72. The summed E-state index contributed by atoms with van der Waals surface area (Å²) < 4.78 is 1.84. The molecular formula is C21H35IN8. The third-order valence-corrected chi connectivity index (χ3v) is 5.46. The molecule has 0 spiro atoms. The first-order chi connectivity index (χ1) is 14.0. The van der Waals surface area contributed by atoms with Gasteiger partial charge in [0.05, 0.1) is 17.9 Å². The molecule has 166 valence electrons. The highest BCUT2D eigenvalue weighted by molar-refractivity contribution is 14.0. The molecule has 0 bridgehead atoms. The van der Waals surface area contributed by atoms with Gasteiger partial charge >= 0.3 is 0 Å². The van der Waals surface area contributed by atoms with Crippen molar-refractivity contribution in [2.24, 2.45) is 12.0 Å². The summed E-state index contributed by atoms with van der Waals surface area (Å²) >= 11 is 0. The molecule has 30 heavy (non-hydrogen) atoms. The molecule has 8 nitrogen and oxygen atoms in total. The van der Waals surface area contributed by atoms with Crippen molar-refractivity contribution >= 4 is 29.9 Å². The Bertz CT molecular complexity index is 768. The molecule has 1 fully saturated rings. The molecule has 3 heterocycles. The molecule has 1 atom stereocenters. The molecule has 3 rings (SSSR count). The predicted molar refractivity (Wildman–Crippen MR) is 132 cm³/mol. The minimum atomic E-state index is 0. The molecular weight excluding hydrogens is 491 g/mol. The molecule has 2 aromatic heterocycles. The summed E-state index contributed by atoms with van der Waals surface area (Å²) in [5.41, 5.74) is 2.34. The monoisotopic (exact) mass is 526 g/mol. The van der Waals surface area contributed by atoms with Gasteiger partial charge in [-0.1, -0.05) is 6.07 Å². The van der Waals surface area contributed by atoms with Crippen LogP contribution in [0.15, 0.2) is 41.8 Å². The first-order valence-electron chi connectivity index (χ1n) is 10.3. The van der Waals surface area contributed by atoms with Gasteiger partial charge in [0, 0.05) is 64.3 Å². The SMILES string of the molecule is CN=C(NCC(c1cnn(C)c1)N(C)C)NC1CCN(Cc2ccccn2)CC1.I. The number of aliphatic imine (C=N–C) groups is 1.